The van der Waals surface area contributed by atoms with Crippen molar-refractivity contribution in [2.24, 2.45) is 0 Å². The van der Waals surface area contributed by atoms with Crippen LogP contribution in [0.4, 0.5) is 0 Å². The smallest absolute Gasteiger partial charge is 0.244 e. The van der Waals surface area contributed by atoms with Crippen molar-refractivity contribution in [1.82, 2.24) is 8.94 Å². The van der Waals surface area contributed by atoms with Crippen LogP contribution >= 0.6 is 23.1 Å². The van der Waals surface area contributed by atoms with Crippen molar-refractivity contribution in [2.75, 3.05) is 0 Å². The van der Waals surface area contributed by atoms with Crippen LogP contribution in [0.15, 0.2) is 35.1 Å². The van der Waals surface area contributed by atoms with E-state index in [9.17, 15) is 4.79 Å². The third kappa shape index (κ3) is 1.64. The van der Waals surface area contributed by atoms with Gasteiger partial charge in [-0.3, -0.25) is 0 Å². The molecule has 0 radical (unpaired) electrons. The minimum absolute atomic E-state index is 0.258. The van der Waals surface area contributed by atoms with Crippen LogP contribution in [0.2, 0.25) is 4.47 Å². The molecule has 1 aromatic carbocycles. The monoisotopic (exact) mass is 212 g/mol. The van der Waals surface area contributed by atoms with E-state index >= 15 is 0 Å². The van der Waals surface area contributed by atoms with E-state index in [2.05, 4.69) is 4.98 Å². The van der Waals surface area contributed by atoms with Crippen LogP contribution in [0.3, 0.4) is 0 Å². The van der Waals surface area contributed by atoms with E-state index in [1.807, 2.05) is 30.3 Å². The Labute approximate surface area is 83.4 Å². The Morgan fingerprint density at radius 2 is 2.00 bits per heavy atom. The molecule has 3 nitrogen and oxygen atoms in total. The number of benzene rings is 1. The predicted molar refractivity (Wildman–Crippen MR) is 52.7 cm³/mol. The lowest BCUT2D eigenvalue weighted by Gasteiger charge is -1.95. The van der Waals surface area contributed by atoms with Gasteiger partial charge < -0.3 is 0 Å². The first-order valence-corrected chi connectivity index (χ1v) is 4.74. The summed E-state index contributed by atoms with van der Waals surface area (Å²) in [6.07, 6.45) is 0. The van der Waals surface area contributed by atoms with Gasteiger partial charge in [-0.05, 0) is 35.3 Å². The van der Waals surface area contributed by atoms with Gasteiger partial charge in [0, 0.05) is 0 Å². The minimum Gasteiger partial charge on any atom is -0.244 e. The maximum absolute atomic E-state index is 11.2. The minimum atomic E-state index is -0.332. The Hall–Kier alpha value is -1.13. The van der Waals surface area contributed by atoms with Gasteiger partial charge in [0.15, 0.2) is 0 Å². The molecule has 0 aliphatic heterocycles. The first kappa shape index (κ1) is 8.47. The van der Waals surface area contributed by atoms with Crippen LogP contribution in [-0.4, -0.2) is 8.94 Å². The zero-order valence-corrected chi connectivity index (χ0v) is 8.05. The van der Waals surface area contributed by atoms with Gasteiger partial charge in [0.1, 0.15) is 0 Å². The molecule has 2 rings (SSSR count). The zero-order valence-electron chi connectivity index (χ0n) is 6.48. The number of halogens is 1. The lowest BCUT2D eigenvalue weighted by molar-refractivity contribution is 1.05. The fourth-order valence-corrected chi connectivity index (χ4v) is 1.88. The van der Waals surface area contributed by atoms with Crippen LogP contribution in [-0.2, 0) is 0 Å². The molecule has 0 atom stereocenters. The Bertz CT molecular complexity index is 462. The van der Waals surface area contributed by atoms with Crippen molar-refractivity contribution in [3.63, 3.8) is 0 Å². The van der Waals surface area contributed by atoms with Gasteiger partial charge in [0.25, 0.3) is 0 Å². The normalized spacial score (nSPS) is 10.2. The first-order valence-electron chi connectivity index (χ1n) is 3.58. The Balaban J connectivity index is 2.59. The molecule has 1 heterocycles. The Morgan fingerprint density at radius 1 is 1.31 bits per heavy atom. The quantitative estimate of drug-likeness (QED) is 0.724. The van der Waals surface area contributed by atoms with Crippen molar-refractivity contribution in [3.8, 4) is 5.69 Å². The average molecular weight is 213 g/mol. The molecule has 5 heteroatoms. The molecule has 13 heavy (non-hydrogen) atoms. The molecule has 0 fully saturated rings. The fourth-order valence-electron chi connectivity index (χ4n) is 0.982. The van der Waals surface area contributed by atoms with Gasteiger partial charge in [-0.1, -0.05) is 18.2 Å². The molecule has 0 unspecified atom stereocenters. The second-order valence-electron chi connectivity index (χ2n) is 2.37. The molecule has 0 aliphatic rings. The molecule has 0 saturated heterocycles. The van der Waals surface area contributed by atoms with Gasteiger partial charge in [-0.15, -0.1) is 0 Å². The SMILES string of the molecule is O=c1nc(Cl)sn1-c1ccccc1. The molecular weight excluding hydrogens is 208 g/mol. The first-order chi connectivity index (χ1) is 6.27. The highest BCUT2D eigenvalue weighted by Gasteiger charge is 2.04. The van der Waals surface area contributed by atoms with Crippen molar-refractivity contribution >= 4 is 23.1 Å². The van der Waals surface area contributed by atoms with E-state index in [0.717, 1.165) is 17.2 Å². The topological polar surface area (TPSA) is 34.9 Å². The van der Waals surface area contributed by atoms with Crippen LogP contribution in [0.5, 0.6) is 0 Å². The second-order valence-corrected chi connectivity index (χ2v) is 3.89. The summed E-state index contributed by atoms with van der Waals surface area (Å²) in [5.74, 6) is 0. The lowest BCUT2D eigenvalue weighted by Crippen LogP contribution is -2.12. The summed E-state index contributed by atoms with van der Waals surface area (Å²) in [6.45, 7) is 0. The summed E-state index contributed by atoms with van der Waals surface area (Å²) in [5.41, 5.74) is 0.457. The Morgan fingerprint density at radius 3 is 2.54 bits per heavy atom. The van der Waals surface area contributed by atoms with E-state index < -0.39 is 0 Å². The number of hydrogen-bond acceptors (Lipinski definition) is 3. The molecule has 0 bridgehead atoms. The van der Waals surface area contributed by atoms with Crippen LogP contribution in [0.1, 0.15) is 0 Å². The van der Waals surface area contributed by atoms with Crippen LogP contribution in [0.25, 0.3) is 5.69 Å². The van der Waals surface area contributed by atoms with Crippen LogP contribution < -0.4 is 5.69 Å². The molecule has 1 aromatic heterocycles. The highest BCUT2D eigenvalue weighted by atomic mass is 35.5. The van der Waals surface area contributed by atoms with Crippen molar-refractivity contribution in [2.45, 2.75) is 0 Å². The van der Waals surface area contributed by atoms with E-state index in [1.54, 1.807) is 0 Å². The summed E-state index contributed by atoms with van der Waals surface area (Å²) in [4.78, 5) is 14.8. The molecule has 2 aromatic rings. The molecule has 0 saturated carbocycles. The summed E-state index contributed by atoms with van der Waals surface area (Å²) >= 11 is 6.73. The van der Waals surface area contributed by atoms with Crippen molar-refractivity contribution < 1.29 is 0 Å². The lowest BCUT2D eigenvalue weighted by atomic mass is 10.3. The maximum atomic E-state index is 11.2. The van der Waals surface area contributed by atoms with Crippen molar-refractivity contribution in [3.05, 3.63) is 45.3 Å². The second kappa shape index (κ2) is 3.32. The van der Waals surface area contributed by atoms with Gasteiger partial charge in [0.05, 0.1) is 5.69 Å². The highest BCUT2D eigenvalue weighted by Crippen LogP contribution is 2.13. The van der Waals surface area contributed by atoms with Gasteiger partial charge in [-0.25, -0.2) is 8.75 Å². The van der Waals surface area contributed by atoms with Gasteiger partial charge in [-0.2, -0.15) is 4.98 Å². The van der Waals surface area contributed by atoms with Crippen molar-refractivity contribution in [1.29, 1.82) is 0 Å². The molecule has 0 N–H and O–H groups in total. The third-order valence-electron chi connectivity index (χ3n) is 1.51. The van der Waals surface area contributed by atoms with E-state index in [1.165, 1.54) is 3.96 Å². The number of para-hydroxylation sites is 1. The largest absolute Gasteiger partial charge is 0.363 e. The molecule has 0 aliphatic carbocycles. The van der Waals surface area contributed by atoms with E-state index in [0.29, 0.717) is 0 Å². The van der Waals surface area contributed by atoms with Gasteiger partial charge >= 0.3 is 5.69 Å². The molecule has 0 spiro atoms. The van der Waals surface area contributed by atoms with Crippen LogP contribution in [0, 0.1) is 0 Å². The maximum Gasteiger partial charge on any atom is 0.363 e. The third-order valence-corrected chi connectivity index (χ3v) is 2.60. The molecule has 66 valence electrons. The van der Waals surface area contributed by atoms with E-state index in [-0.39, 0.29) is 10.2 Å². The number of nitrogens with zero attached hydrogens (tertiary/aromatic N) is 2. The average Bonchev–Trinajstić information content (AvgIpc) is 2.47. The molecule has 0 amide bonds. The summed E-state index contributed by atoms with van der Waals surface area (Å²) in [7, 11) is 0. The number of rotatable bonds is 1. The highest BCUT2D eigenvalue weighted by molar-refractivity contribution is 7.10. The van der Waals surface area contributed by atoms with E-state index in [4.69, 9.17) is 11.6 Å². The standard InChI is InChI=1S/C8H5ClN2OS/c9-7-10-8(12)11(13-7)6-4-2-1-3-5-6/h1-5H. The molecular formula is C8H5ClN2OS. The summed E-state index contributed by atoms with van der Waals surface area (Å²) in [6, 6.07) is 9.26. The zero-order chi connectivity index (χ0) is 9.26. The number of aromatic nitrogens is 2. The van der Waals surface area contributed by atoms with Gasteiger partial charge in [0.2, 0.25) is 4.47 Å². The Kier molecular flexibility index (Phi) is 2.16. The predicted octanol–water partition coefficient (Wildman–Crippen LogP) is 1.95. The fraction of sp³-hybridized carbons (Fsp3) is 0. The number of hydrogen-bond donors (Lipinski definition) is 0. The summed E-state index contributed by atoms with van der Waals surface area (Å²) < 4.78 is 1.70. The summed E-state index contributed by atoms with van der Waals surface area (Å²) in [5, 5.41) is 0.